The smallest absolute Gasteiger partial charge is 0.302 e. The number of carbonyl (C=O) groups excluding carboxylic acids is 1. The minimum atomic E-state index is -0.187. The van der Waals surface area contributed by atoms with Gasteiger partial charge < -0.3 is 9.47 Å². The first-order valence-corrected chi connectivity index (χ1v) is 11.9. The van der Waals surface area contributed by atoms with Gasteiger partial charge in [0, 0.05) is 12.3 Å². The van der Waals surface area contributed by atoms with E-state index in [1.54, 1.807) is 0 Å². The number of hydrogen-bond donors (Lipinski definition) is 0. The Morgan fingerprint density at radius 3 is 2.72 bits per heavy atom. The van der Waals surface area contributed by atoms with Crippen LogP contribution in [0.5, 0.6) is 5.75 Å². The molecule has 3 aliphatic rings. The molecule has 0 unspecified atom stereocenters. The van der Waals surface area contributed by atoms with Crippen LogP contribution in [-0.4, -0.2) is 12.1 Å². The second kappa shape index (κ2) is 8.28. The molecule has 0 N–H and O–H groups in total. The molecule has 32 heavy (non-hydrogen) atoms. The lowest BCUT2D eigenvalue weighted by atomic mass is 9.52. The van der Waals surface area contributed by atoms with Gasteiger partial charge in [-0.3, -0.25) is 4.79 Å². The summed E-state index contributed by atoms with van der Waals surface area (Å²) in [7, 11) is 0. The van der Waals surface area contributed by atoms with Gasteiger partial charge in [0.2, 0.25) is 0 Å². The maximum Gasteiger partial charge on any atom is 0.302 e. The molecule has 0 aliphatic heterocycles. The van der Waals surface area contributed by atoms with Crippen molar-refractivity contribution in [2.75, 3.05) is 0 Å². The average molecular weight is 430 g/mol. The van der Waals surface area contributed by atoms with Gasteiger partial charge in [0.05, 0.1) is 12.0 Å². The van der Waals surface area contributed by atoms with Crippen LogP contribution in [0.25, 0.3) is 0 Å². The van der Waals surface area contributed by atoms with Gasteiger partial charge in [-0.2, -0.15) is 5.26 Å². The normalized spacial score (nSPS) is 32.7. The van der Waals surface area contributed by atoms with E-state index in [4.69, 9.17) is 9.47 Å². The molecule has 0 spiro atoms. The molecule has 2 aromatic carbocycles. The summed E-state index contributed by atoms with van der Waals surface area (Å²) in [6, 6.07) is 19.3. The van der Waals surface area contributed by atoms with E-state index in [1.165, 1.54) is 18.1 Å². The van der Waals surface area contributed by atoms with Gasteiger partial charge in [0.1, 0.15) is 18.5 Å². The Morgan fingerprint density at radius 1 is 1.16 bits per heavy atom. The summed E-state index contributed by atoms with van der Waals surface area (Å²) in [6.45, 7) is 4.35. The predicted octanol–water partition coefficient (Wildman–Crippen LogP) is 5.80. The number of hydrogen-bond acceptors (Lipinski definition) is 4. The Balaban J connectivity index is 1.39. The minimum Gasteiger partial charge on any atom is -0.489 e. The van der Waals surface area contributed by atoms with Crippen molar-refractivity contribution >= 4 is 5.97 Å². The summed E-state index contributed by atoms with van der Waals surface area (Å²) in [5.74, 6) is 1.85. The van der Waals surface area contributed by atoms with Crippen LogP contribution in [0.2, 0.25) is 0 Å². The van der Waals surface area contributed by atoms with Crippen LogP contribution < -0.4 is 4.74 Å². The van der Waals surface area contributed by atoms with Crippen LogP contribution in [0.3, 0.4) is 0 Å². The van der Waals surface area contributed by atoms with Crippen LogP contribution in [0.4, 0.5) is 0 Å². The number of nitrogens with zero attached hydrogens (tertiary/aromatic N) is 1. The van der Waals surface area contributed by atoms with Crippen molar-refractivity contribution < 1.29 is 14.3 Å². The standard InChI is InChI=1S/C28H31NO3/c1-18(30)32-26-11-10-25-27-21(16-29)14-20-15-22(31-17-19-6-4-3-5-7-19)8-9-23(20)24(27)12-13-28(25,26)2/h3-9,15,21,24-27H,10-14,17H2,1-2H3/t21-,24+,25-,26+,27+,28-/m0/s1. The molecular formula is C28H31NO3. The Labute approximate surface area is 190 Å². The molecule has 0 bridgehead atoms. The van der Waals surface area contributed by atoms with E-state index in [9.17, 15) is 10.1 Å². The number of benzene rings is 2. The monoisotopic (exact) mass is 429 g/mol. The predicted molar refractivity (Wildman–Crippen MR) is 122 cm³/mol. The lowest BCUT2D eigenvalue weighted by molar-refractivity contribution is -0.155. The van der Waals surface area contributed by atoms with Crippen LogP contribution >= 0.6 is 0 Å². The van der Waals surface area contributed by atoms with E-state index >= 15 is 0 Å². The van der Waals surface area contributed by atoms with Crippen molar-refractivity contribution in [3.63, 3.8) is 0 Å². The fraction of sp³-hybridized carbons (Fsp3) is 0.500. The van der Waals surface area contributed by atoms with Crippen LogP contribution in [0.15, 0.2) is 48.5 Å². The molecule has 0 heterocycles. The number of carbonyl (C=O) groups is 1. The summed E-state index contributed by atoms with van der Waals surface area (Å²) in [6.07, 6.45) is 4.81. The van der Waals surface area contributed by atoms with Crippen molar-refractivity contribution in [1.29, 1.82) is 5.26 Å². The number of ether oxygens (including phenoxy) is 2. The number of rotatable bonds is 4. The summed E-state index contributed by atoms with van der Waals surface area (Å²) in [5.41, 5.74) is 3.79. The van der Waals surface area contributed by atoms with Crippen LogP contribution in [-0.2, 0) is 22.6 Å². The van der Waals surface area contributed by atoms with Gasteiger partial charge in [-0.15, -0.1) is 0 Å². The maximum absolute atomic E-state index is 11.7. The lowest BCUT2D eigenvalue weighted by Gasteiger charge is -2.51. The molecule has 2 saturated carbocycles. The van der Waals surface area contributed by atoms with Gasteiger partial charge in [0.15, 0.2) is 0 Å². The lowest BCUT2D eigenvalue weighted by Crippen LogP contribution is -2.47. The second-order valence-corrected chi connectivity index (χ2v) is 10.1. The van der Waals surface area contributed by atoms with Gasteiger partial charge >= 0.3 is 5.97 Å². The second-order valence-electron chi connectivity index (χ2n) is 10.1. The Hall–Kier alpha value is -2.80. The van der Waals surface area contributed by atoms with Crippen molar-refractivity contribution in [3.8, 4) is 11.8 Å². The van der Waals surface area contributed by atoms with E-state index in [1.807, 2.05) is 18.2 Å². The van der Waals surface area contributed by atoms with Gasteiger partial charge in [-0.05, 0) is 78.7 Å². The SMILES string of the molecule is CC(=O)O[C@@H]1CC[C@H]2[C@@H]3[C@H](C#N)Cc4cc(OCc5ccccc5)ccc4[C@H]3CC[C@]12C. The first kappa shape index (κ1) is 21.1. The molecule has 0 aromatic heterocycles. The molecule has 6 atom stereocenters. The van der Waals surface area contributed by atoms with E-state index in [0.717, 1.165) is 43.4 Å². The third kappa shape index (κ3) is 3.58. The number of nitriles is 1. The van der Waals surface area contributed by atoms with E-state index in [2.05, 4.69) is 43.3 Å². The van der Waals surface area contributed by atoms with E-state index in [0.29, 0.717) is 24.4 Å². The van der Waals surface area contributed by atoms with Crippen LogP contribution in [0, 0.1) is 34.5 Å². The van der Waals surface area contributed by atoms with Crippen molar-refractivity contribution in [2.24, 2.45) is 23.2 Å². The summed E-state index contributed by atoms with van der Waals surface area (Å²) in [4.78, 5) is 11.7. The first-order chi connectivity index (χ1) is 15.5. The quantitative estimate of drug-likeness (QED) is 0.576. The highest BCUT2D eigenvalue weighted by molar-refractivity contribution is 5.66. The zero-order valence-corrected chi connectivity index (χ0v) is 18.9. The largest absolute Gasteiger partial charge is 0.489 e. The molecule has 3 aliphatic carbocycles. The first-order valence-electron chi connectivity index (χ1n) is 11.9. The molecule has 4 nitrogen and oxygen atoms in total. The Bertz CT molecular complexity index is 1040. The molecule has 0 saturated heterocycles. The maximum atomic E-state index is 11.7. The highest BCUT2D eigenvalue weighted by Gasteiger charge is 2.58. The third-order valence-electron chi connectivity index (χ3n) is 8.39. The number of fused-ring (bicyclic) bond motifs is 5. The van der Waals surface area contributed by atoms with E-state index in [-0.39, 0.29) is 23.4 Å². The summed E-state index contributed by atoms with van der Waals surface area (Å²) >= 11 is 0. The molecular weight excluding hydrogens is 398 g/mol. The molecule has 2 fully saturated rings. The fourth-order valence-electron chi connectivity index (χ4n) is 6.92. The molecule has 0 radical (unpaired) electrons. The fourth-order valence-corrected chi connectivity index (χ4v) is 6.92. The zero-order chi connectivity index (χ0) is 22.3. The third-order valence-corrected chi connectivity index (χ3v) is 8.39. The molecule has 2 aromatic rings. The molecule has 0 amide bonds. The van der Waals surface area contributed by atoms with E-state index < -0.39 is 0 Å². The minimum absolute atomic E-state index is 0.00224. The highest BCUT2D eigenvalue weighted by atomic mass is 16.5. The zero-order valence-electron chi connectivity index (χ0n) is 18.9. The van der Waals surface area contributed by atoms with Crippen molar-refractivity contribution in [2.45, 2.75) is 64.6 Å². The molecule has 4 heteroatoms. The van der Waals surface area contributed by atoms with Crippen molar-refractivity contribution in [3.05, 3.63) is 65.2 Å². The summed E-state index contributed by atoms with van der Waals surface area (Å²) < 4.78 is 11.8. The molecule has 5 rings (SSSR count). The molecule has 166 valence electrons. The summed E-state index contributed by atoms with van der Waals surface area (Å²) in [5, 5.41) is 10.1. The Kier molecular flexibility index (Phi) is 5.45. The van der Waals surface area contributed by atoms with Gasteiger partial charge in [0.25, 0.3) is 0 Å². The number of esters is 1. The van der Waals surface area contributed by atoms with Gasteiger partial charge in [-0.25, -0.2) is 0 Å². The Morgan fingerprint density at radius 2 is 1.97 bits per heavy atom. The van der Waals surface area contributed by atoms with Crippen molar-refractivity contribution in [1.82, 2.24) is 0 Å². The topological polar surface area (TPSA) is 59.3 Å². The van der Waals surface area contributed by atoms with Crippen LogP contribution in [0.1, 0.15) is 62.1 Å². The van der Waals surface area contributed by atoms with Gasteiger partial charge in [-0.1, -0.05) is 43.3 Å². The highest BCUT2D eigenvalue weighted by Crippen LogP contribution is 2.62. The average Bonchev–Trinajstić information content (AvgIpc) is 3.13.